The van der Waals surface area contributed by atoms with Crippen molar-refractivity contribution >= 4 is 41.3 Å². The van der Waals surface area contributed by atoms with E-state index in [-0.39, 0.29) is 24.0 Å². The van der Waals surface area contributed by atoms with Gasteiger partial charge >= 0.3 is 0 Å². The fourth-order valence-electron chi connectivity index (χ4n) is 2.22. The highest BCUT2D eigenvalue weighted by atomic mass is 127. The monoisotopic (exact) mass is 474 g/mol. The third-order valence-electron chi connectivity index (χ3n) is 3.58. The zero-order chi connectivity index (χ0) is 17.4. The van der Waals surface area contributed by atoms with E-state index in [0.717, 1.165) is 36.2 Å². The Kier molecular flexibility index (Phi) is 9.81. The average molecular weight is 474 g/mol. The second-order valence-electron chi connectivity index (χ2n) is 5.67. The Morgan fingerprint density at radius 3 is 2.60 bits per heavy atom. The minimum absolute atomic E-state index is 0. The lowest BCUT2D eigenvalue weighted by atomic mass is 10.2. The summed E-state index contributed by atoms with van der Waals surface area (Å²) < 4.78 is 5.77. The summed E-state index contributed by atoms with van der Waals surface area (Å²) in [5, 5.41) is 4.52. The van der Waals surface area contributed by atoms with Gasteiger partial charge in [0.25, 0.3) is 0 Å². The third kappa shape index (κ3) is 7.60. The highest BCUT2D eigenvalue weighted by Crippen LogP contribution is 2.12. The highest BCUT2D eigenvalue weighted by Gasteiger charge is 2.06. The maximum absolute atomic E-state index is 5.77. The fourth-order valence-corrected chi connectivity index (χ4v) is 3.01. The van der Waals surface area contributed by atoms with Gasteiger partial charge in [0.05, 0.1) is 11.6 Å². The molecule has 25 heavy (non-hydrogen) atoms. The van der Waals surface area contributed by atoms with Crippen LogP contribution in [-0.2, 0) is 6.42 Å². The van der Waals surface area contributed by atoms with E-state index < -0.39 is 0 Å². The number of halogens is 1. The predicted molar refractivity (Wildman–Crippen MR) is 117 cm³/mol. The quantitative estimate of drug-likeness (QED) is 0.379. The zero-order valence-electron chi connectivity index (χ0n) is 15.3. The number of nitrogens with one attached hydrogen (secondary N) is 1. The van der Waals surface area contributed by atoms with Crippen molar-refractivity contribution in [2.75, 3.05) is 33.8 Å². The van der Waals surface area contributed by atoms with Crippen LogP contribution in [0.15, 0.2) is 35.5 Å². The minimum atomic E-state index is 0. The van der Waals surface area contributed by atoms with Crippen LogP contribution in [0.1, 0.15) is 15.4 Å². The molecule has 0 fully saturated rings. The normalized spacial score (nSPS) is 11.0. The van der Waals surface area contributed by atoms with Crippen LogP contribution in [0.2, 0.25) is 0 Å². The summed E-state index contributed by atoms with van der Waals surface area (Å²) >= 11 is 1.74. The molecule has 2 rings (SSSR count). The maximum atomic E-state index is 5.77. The van der Waals surface area contributed by atoms with Crippen LogP contribution in [-0.4, -0.2) is 49.6 Å². The topological polar surface area (TPSA) is 49.8 Å². The summed E-state index contributed by atoms with van der Waals surface area (Å²) in [6.45, 7) is 6.36. The molecule has 2 aromatic rings. The summed E-state index contributed by atoms with van der Waals surface area (Å²) in [5.41, 5.74) is 1.24. The van der Waals surface area contributed by atoms with Gasteiger partial charge in [0.1, 0.15) is 12.4 Å². The van der Waals surface area contributed by atoms with Gasteiger partial charge in [-0.15, -0.1) is 35.3 Å². The van der Waals surface area contributed by atoms with E-state index in [1.54, 1.807) is 18.4 Å². The summed E-state index contributed by atoms with van der Waals surface area (Å²) in [7, 11) is 3.81. The molecule has 0 aliphatic rings. The van der Waals surface area contributed by atoms with Gasteiger partial charge < -0.3 is 15.0 Å². The van der Waals surface area contributed by atoms with E-state index >= 15 is 0 Å². The van der Waals surface area contributed by atoms with Crippen molar-refractivity contribution in [2.45, 2.75) is 20.3 Å². The van der Waals surface area contributed by atoms with Crippen molar-refractivity contribution in [2.24, 2.45) is 4.99 Å². The average Bonchev–Trinajstić information content (AvgIpc) is 2.98. The van der Waals surface area contributed by atoms with Gasteiger partial charge in [0.2, 0.25) is 0 Å². The molecule has 1 aromatic carbocycles. The maximum Gasteiger partial charge on any atom is 0.193 e. The summed E-state index contributed by atoms with van der Waals surface area (Å²) in [6.07, 6.45) is 2.83. The van der Waals surface area contributed by atoms with Gasteiger partial charge in [-0.25, -0.2) is 4.98 Å². The lowest BCUT2D eigenvalue weighted by Gasteiger charge is -2.22. The highest BCUT2D eigenvalue weighted by molar-refractivity contribution is 14.0. The van der Waals surface area contributed by atoms with Crippen molar-refractivity contribution in [3.05, 3.63) is 45.9 Å². The molecule has 0 unspecified atom stereocenters. The van der Waals surface area contributed by atoms with Gasteiger partial charge in [-0.3, -0.25) is 4.99 Å². The molecule has 138 valence electrons. The van der Waals surface area contributed by atoms with Gasteiger partial charge in [-0.2, -0.15) is 0 Å². The van der Waals surface area contributed by atoms with Crippen LogP contribution >= 0.6 is 35.3 Å². The van der Waals surface area contributed by atoms with Crippen molar-refractivity contribution in [3.63, 3.8) is 0 Å². The number of hydrogen-bond acceptors (Lipinski definition) is 4. The molecule has 1 aromatic heterocycles. The number of thiazole rings is 1. The van der Waals surface area contributed by atoms with Gasteiger partial charge in [-0.1, -0.05) is 17.7 Å². The molecule has 0 aliphatic heterocycles. The second-order valence-corrected chi connectivity index (χ2v) is 6.99. The molecule has 0 saturated heterocycles. The van der Waals surface area contributed by atoms with E-state index in [9.17, 15) is 0 Å². The summed E-state index contributed by atoms with van der Waals surface area (Å²) in [5.74, 6) is 1.77. The number of likely N-dealkylation sites (N-methyl/N-ethyl adjacent to an activating group) is 1. The Hall–Kier alpha value is -1.35. The molecule has 0 amide bonds. The molecule has 0 saturated carbocycles. The SMILES string of the molecule is CN=C(NCCc1ncc(C)s1)N(C)CCOc1ccc(C)cc1.I. The second kappa shape index (κ2) is 11.3. The van der Waals surface area contributed by atoms with Crippen molar-refractivity contribution in [3.8, 4) is 5.75 Å². The Morgan fingerprint density at radius 1 is 1.28 bits per heavy atom. The lowest BCUT2D eigenvalue weighted by Crippen LogP contribution is -2.41. The molecule has 1 N–H and O–H groups in total. The standard InChI is InChI=1S/C18H26N4OS.HI/c1-14-5-7-16(8-6-14)23-12-11-22(4)18(19-3)20-10-9-17-21-13-15(2)24-17;/h5-8,13H,9-12H2,1-4H3,(H,19,20);1H. The molecule has 0 bridgehead atoms. The van der Waals surface area contributed by atoms with Crippen molar-refractivity contribution in [1.82, 2.24) is 15.2 Å². The fraction of sp³-hybridized carbons (Fsp3) is 0.444. The van der Waals surface area contributed by atoms with Crippen LogP contribution in [0.25, 0.3) is 0 Å². The third-order valence-corrected chi connectivity index (χ3v) is 4.55. The molecular weight excluding hydrogens is 447 g/mol. The van der Waals surface area contributed by atoms with E-state index in [1.165, 1.54) is 10.4 Å². The number of ether oxygens (including phenoxy) is 1. The van der Waals surface area contributed by atoms with E-state index in [4.69, 9.17) is 4.74 Å². The predicted octanol–water partition coefficient (Wildman–Crippen LogP) is 3.51. The molecular formula is C18H27IN4OS. The first-order valence-electron chi connectivity index (χ1n) is 8.11. The van der Waals surface area contributed by atoms with Crippen molar-refractivity contribution in [1.29, 1.82) is 0 Å². The summed E-state index contributed by atoms with van der Waals surface area (Å²) in [4.78, 5) is 12.0. The van der Waals surface area contributed by atoms with Crippen LogP contribution in [0.4, 0.5) is 0 Å². The Morgan fingerprint density at radius 2 is 2.00 bits per heavy atom. The first-order chi connectivity index (χ1) is 11.6. The molecule has 0 radical (unpaired) electrons. The van der Waals surface area contributed by atoms with Gasteiger partial charge in [0.15, 0.2) is 5.96 Å². The smallest absolute Gasteiger partial charge is 0.193 e. The molecule has 0 aliphatic carbocycles. The number of aliphatic imine (C=N–C) groups is 1. The van der Waals surface area contributed by atoms with Crippen LogP contribution in [0, 0.1) is 13.8 Å². The van der Waals surface area contributed by atoms with Crippen LogP contribution < -0.4 is 10.1 Å². The largest absolute Gasteiger partial charge is 0.492 e. The van der Waals surface area contributed by atoms with E-state index in [1.807, 2.05) is 25.4 Å². The Balaban J connectivity index is 0.00000312. The minimum Gasteiger partial charge on any atom is -0.492 e. The summed E-state index contributed by atoms with van der Waals surface area (Å²) in [6, 6.07) is 8.11. The van der Waals surface area contributed by atoms with Gasteiger partial charge in [0, 0.05) is 38.1 Å². The number of hydrogen-bond donors (Lipinski definition) is 1. The number of benzene rings is 1. The number of aryl methyl sites for hydroxylation is 2. The van der Waals surface area contributed by atoms with Crippen molar-refractivity contribution < 1.29 is 4.74 Å². The van der Waals surface area contributed by atoms with E-state index in [2.05, 4.69) is 46.2 Å². The first kappa shape index (κ1) is 21.7. The number of rotatable bonds is 7. The molecule has 1 heterocycles. The Bertz CT molecular complexity index is 657. The number of nitrogens with zero attached hydrogens (tertiary/aromatic N) is 3. The first-order valence-corrected chi connectivity index (χ1v) is 8.92. The Labute approximate surface area is 171 Å². The van der Waals surface area contributed by atoms with Crippen LogP contribution in [0.3, 0.4) is 0 Å². The zero-order valence-corrected chi connectivity index (χ0v) is 18.4. The molecule has 0 spiro atoms. The van der Waals surface area contributed by atoms with Gasteiger partial charge in [-0.05, 0) is 26.0 Å². The van der Waals surface area contributed by atoms with E-state index in [0.29, 0.717) is 6.61 Å². The molecule has 5 nitrogen and oxygen atoms in total. The number of aromatic nitrogens is 1. The lowest BCUT2D eigenvalue weighted by molar-refractivity contribution is 0.281. The number of guanidine groups is 1. The molecule has 0 atom stereocenters. The van der Waals surface area contributed by atoms with Crippen LogP contribution in [0.5, 0.6) is 5.75 Å². The molecule has 7 heteroatoms.